The van der Waals surface area contributed by atoms with Gasteiger partial charge < -0.3 is 20.9 Å². The van der Waals surface area contributed by atoms with Crippen LogP contribution < -0.4 is 16.0 Å². The van der Waals surface area contributed by atoms with Gasteiger partial charge in [0.1, 0.15) is 0 Å². The fraction of sp³-hybridized carbons (Fsp3) is 0.556. The van der Waals surface area contributed by atoms with E-state index in [1.165, 1.54) is 0 Å². The predicted molar refractivity (Wildman–Crippen MR) is 101 cm³/mol. The Hall–Kier alpha value is -1.79. The minimum atomic E-state index is -0.0419. The van der Waals surface area contributed by atoms with E-state index in [1.807, 2.05) is 36.1 Å². The van der Waals surface area contributed by atoms with Gasteiger partial charge in [-0.05, 0) is 49.5 Å². The van der Waals surface area contributed by atoms with E-state index in [1.54, 1.807) is 0 Å². The van der Waals surface area contributed by atoms with E-state index in [2.05, 4.69) is 16.0 Å². The van der Waals surface area contributed by atoms with Crippen molar-refractivity contribution >= 4 is 30.0 Å². The van der Waals surface area contributed by atoms with Crippen LogP contribution in [-0.2, 0) is 11.3 Å². The van der Waals surface area contributed by atoms with Gasteiger partial charge in [0, 0.05) is 31.2 Å². The smallest absolute Gasteiger partial charge is 0.321 e. The van der Waals surface area contributed by atoms with Crippen molar-refractivity contribution in [2.24, 2.45) is 11.8 Å². The van der Waals surface area contributed by atoms with Crippen molar-refractivity contribution in [1.29, 1.82) is 0 Å². The predicted octanol–water partition coefficient (Wildman–Crippen LogP) is 2.21. The summed E-state index contributed by atoms with van der Waals surface area (Å²) in [6.45, 7) is 5.97. The summed E-state index contributed by atoms with van der Waals surface area (Å²) in [6.07, 6.45) is 2.16. The Morgan fingerprint density at radius 3 is 2.64 bits per heavy atom. The first-order valence-electron chi connectivity index (χ1n) is 8.77. The van der Waals surface area contributed by atoms with E-state index in [-0.39, 0.29) is 30.3 Å². The Labute approximate surface area is 155 Å². The maximum absolute atomic E-state index is 12.2. The summed E-state index contributed by atoms with van der Waals surface area (Å²) in [5.74, 6) is 0.563. The first kappa shape index (κ1) is 19.5. The Kier molecular flexibility index (Phi) is 7.08. The zero-order chi connectivity index (χ0) is 16.9. The topological polar surface area (TPSA) is 73.5 Å². The van der Waals surface area contributed by atoms with Gasteiger partial charge in [-0.15, -0.1) is 12.4 Å². The molecule has 1 atom stereocenters. The van der Waals surface area contributed by atoms with E-state index in [0.717, 1.165) is 50.3 Å². The number of halogens is 1. The van der Waals surface area contributed by atoms with Crippen LogP contribution in [-0.4, -0.2) is 43.0 Å². The molecule has 138 valence electrons. The Morgan fingerprint density at radius 1 is 1.28 bits per heavy atom. The van der Waals surface area contributed by atoms with Crippen LogP contribution in [0.2, 0.25) is 0 Å². The lowest BCUT2D eigenvalue weighted by molar-refractivity contribution is -0.126. The van der Waals surface area contributed by atoms with E-state index in [4.69, 9.17) is 0 Å². The minimum Gasteiger partial charge on any atom is -0.352 e. The Balaban J connectivity index is 0.00000225. The van der Waals surface area contributed by atoms with E-state index in [0.29, 0.717) is 12.5 Å². The van der Waals surface area contributed by atoms with Crippen LogP contribution in [0.25, 0.3) is 0 Å². The highest BCUT2D eigenvalue weighted by Gasteiger charge is 2.28. The molecular formula is C18H27ClN4O2. The average Bonchev–Trinajstić information content (AvgIpc) is 3.06. The molecule has 2 fully saturated rings. The molecule has 1 unspecified atom stereocenters. The third kappa shape index (κ3) is 5.09. The fourth-order valence-electron chi connectivity index (χ4n) is 3.11. The Morgan fingerprint density at radius 2 is 2.00 bits per heavy atom. The van der Waals surface area contributed by atoms with E-state index < -0.39 is 0 Å². The van der Waals surface area contributed by atoms with Crippen molar-refractivity contribution in [2.45, 2.75) is 26.3 Å². The highest BCUT2D eigenvalue weighted by molar-refractivity contribution is 5.89. The van der Waals surface area contributed by atoms with Gasteiger partial charge in [0.05, 0.1) is 0 Å². The number of nitrogens with one attached hydrogen (secondary N) is 3. The van der Waals surface area contributed by atoms with E-state index in [9.17, 15) is 9.59 Å². The number of benzene rings is 1. The van der Waals surface area contributed by atoms with Crippen molar-refractivity contribution in [3.63, 3.8) is 0 Å². The number of nitrogens with zero attached hydrogens (tertiary/aromatic N) is 1. The third-order valence-corrected chi connectivity index (χ3v) is 4.97. The SMILES string of the molecule is CC(C(=O)NCc1cccc(NC(=O)N2CCCC2)c1)C1CNC1.Cl. The van der Waals surface area contributed by atoms with Gasteiger partial charge in [0.15, 0.2) is 0 Å². The Bertz CT molecular complexity index is 600. The lowest BCUT2D eigenvalue weighted by atomic mass is 9.88. The molecule has 2 heterocycles. The maximum atomic E-state index is 12.2. The lowest BCUT2D eigenvalue weighted by Gasteiger charge is -2.31. The molecule has 2 aliphatic rings. The number of likely N-dealkylation sites (tertiary alicyclic amines) is 1. The molecule has 25 heavy (non-hydrogen) atoms. The van der Waals surface area contributed by atoms with Crippen molar-refractivity contribution in [2.75, 3.05) is 31.5 Å². The molecule has 3 amide bonds. The summed E-state index contributed by atoms with van der Waals surface area (Å²) in [4.78, 5) is 26.1. The minimum absolute atomic E-state index is 0. The van der Waals surface area contributed by atoms with Crippen LogP contribution in [0.3, 0.4) is 0 Å². The normalized spacial score (nSPS) is 18.0. The number of carbonyl (C=O) groups excluding carboxylic acids is 2. The monoisotopic (exact) mass is 366 g/mol. The summed E-state index contributed by atoms with van der Waals surface area (Å²) in [7, 11) is 0. The molecule has 1 aromatic carbocycles. The molecule has 7 heteroatoms. The number of hydrogen-bond donors (Lipinski definition) is 3. The number of amides is 3. The van der Waals surface area contributed by atoms with Crippen molar-refractivity contribution < 1.29 is 9.59 Å². The second kappa shape index (κ2) is 9.06. The molecule has 0 aliphatic carbocycles. The fourth-order valence-corrected chi connectivity index (χ4v) is 3.11. The van der Waals surface area contributed by atoms with E-state index >= 15 is 0 Å². The summed E-state index contributed by atoms with van der Waals surface area (Å²) in [6, 6.07) is 7.62. The van der Waals surface area contributed by atoms with Gasteiger partial charge in [-0.2, -0.15) is 0 Å². The molecular weight excluding hydrogens is 340 g/mol. The number of anilines is 1. The quantitative estimate of drug-likeness (QED) is 0.748. The molecule has 0 saturated carbocycles. The molecule has 0 aromatic heterocycles. The van der Waals surface area contributed by atoms with Gasteiger partial charge >= 0.3 is 6.03 Å². The summed E-state index contributed by atoms with van der Waals surface area (Å²) in [5.41, 5.74) is 1.76. The van der Waals surface area contributed by atoms with Gasteiger partial charge in [-0.1, -0.05) is 19.1 Å². The number of hydrogen-bond acceptors (Lipinski definition) is 3. The zero-order valence-electron chi connectivity index (χ0n) is 14.6. The standard InChI is InChI=1S/C18H26N4O2.ClH/c1-13(15-11-19-12-15)17(23)20-10-14-5-4-6-16(9-14)21-18(24)22-7-2-3-8-22;/h4-6,9,13,15,19H,2-3,7-8,10-12H2,1H3,(H,20,23)(H,21,24);1H. The van der Waals surface area contributed by atoms with Gasteiger partial charge in [-0.25, -0.2) is 4.79 Å². The number of rotatable bonds is 5. The van der Waals surface area contributed by atoms with Gasteiger partial charge in [0.25, 0.3) is 0 Å². The lowest BCUT2D eigenvalue weighted by Crippen LogP contribution is -2.49. The zero-order valence-corrected chi connectivity index (χ0v) is 15.4. The van der Waals surface area contributed by atoms with Crippen LogP contribution >= 0.6 is 12.4 Å². The van der Waals surface area contributed by atoms with Crippen molar-refractivity contribution in [3.8, 4) is 0 Å². The molecule has 1 aromatic rings. The highest BCUT2D eigenvalue weighted by atomic mass is 35.5. The van der Waals surface area contributed by atoms with Crippen molar-refractivity contribution in [3.05, 3.63) is 29.8 Å². The molecule has 2 aliphatic heterocycles. The largest absolute Gasteiger partial charge is 0.352 e. The first-order chi connectivity index (χ1) is 11.6. The molecule has 0 spiro atoms. The molecule has 3 rings (SSSR count). The van der Waals surface area contributed by atoms with Gasteiger partial charge in [0.2, 0.25) is 5.91 Å². The molecule has 2 saturated heterocycles. The summed E-state index contributed by atoms with van der Waals surface area (Å²) in [5, 5.41) is 9.13. The first-order valence-corrected chi connectivity index (χ1v) is 8.77. The average molecular weight is 367 g/mol. The maximum Gasteiger partial charge on any atom is 0.321 e. The summed E-state index contributed by atoms with van der Waals surface area (Å²) >= 11 is 0. The van der Waals surface area contributed by atoms with Crippen LogP contribution in [0.4, 0.5) is 10.5 Å². The number of carbonyl (C=O) groups is 2. The molecule has 3 N–H and O–H groups in total. The van der Waals surface area contributed by atoms with Crippen LogP contribution in [0, 0.1) is 11.8 Å². The van der Waals surface area contributed by atoms with Crippen molar-refractivity contribution in [1.82, 2.24) is 15.5 Å². The van der Waals surface area contributed by atoms with Crippen LogP contribution in [0.15, 0.2) is 24.3 Å². The second-order valence-corrected chi connectivity index (χ2v) is 6.75. The molecule has 0 bridgehead atoms. The van der Waals surface area contributed by atoms with Crippen LogP contribution in [0.1, 0.15) is 25.3 Å². The summed E-state index contributed by atoms with van der Waals surface area (Å²) < 4.78 is 0. The van der Waals surface area contributed by atoms with Gasteiger partial charge in [-0.3, -0.25) is 4.79 Å². The molecule has 0 radical (unpaired) electrons. The highest BCUT2D eigenvalue weighted by Crippen LogP contribution is 2.17. The van der Waals surface area contributed by atoms with Crippen LogP contribution in [0.5, 0.6) is 0 Å². The second-order valence-electron chi connectivity index (χ2n) is 6.75. The third-order valence-electron chi connectivity index (χ3n) is 4.97. The number of urea groups is 1. The molecule has 6 nitrogen and oxygen atoms in total.